The van der Waals surface area contributed by atoms with Crippen molar-refractivity contribution < 1.29 is 13.9 Å². The smallest absolute Gasteiger partial charge is 0.224 e. The van der Waals surface area contributed by atoms with Gasteiger partial charge in [-0.3, -0.25) is 4.79 Å². The molecular weight excluding hydrogens is 301 g/mol. The molecule has 1 N–H and O–H groups in total. The number of carbonyl (C=O) groups is 1. The molecule has 1 amide bonds. The second-order valence-corrected chi connectivity index (χ2v) is 5.08. The van der Waals surface area contributed by atoms with Gasteiger partial charge in [-0.2, -0.15) is 0 Å². The van der Waals surface area contributed by atoms with E-state index in [-0.39, 0.29) is 23.0 Å². The van der Waals surface area contributed by atoms with Crippen molar-refractivity contribution in [3.63, 3.8) is 0 Å². The van der Waals surface area contributed by atoms with Gasteiger partial charge in [0.1, 0.15) is 5.82 Å². The zero-order valence-electron chi connectivity index (χ0n) is 11.5. The van der Waals surface area contributed by atoms with Crippen molar-refractivity contribution in [2.45, 2.75) is 33.1 Å². The summed E-state index contributed by atoms with van der Waals surface area (Å²) >= 11 is 11.1. The van der Waals surface area contributed by atoms with Gasteiger partial charge in [0.05, 0.1) is 12.3 Å². The highest BCUT2D eigenvalue weighted by molar-refractivity contribution is 7.80. The first-order valence-corrected chi connectivity index (χ1v) is 7.19. The molecule has 0 bridgehead atoms. The van der Waals surface area contributed by atoms with Gasteiger partial charge in [-0.05, 0) is 36.3 Å². The average Bonchev–Trinajstić information content (AvgIpc) is 2.41. The first-order chi connectivity index (χ1) is 9.47. The number of nitrogens with one attached hydrogen (secondary N) is 1. The fraction of sp³-hybridized carbons (Fsp3) is 0.429. The summed E-state index contributed by atoms with van der Waals surface area (Å²) < 4.78 is 19.0. The van der Waals surface area contributed by atoms with E-state index in [0.717, 1.165) is 6.42 Å². The number of hydrogen-bond donors (Lipinski definition) is 1. The highest BCUT2D eigenvalue weighted by atomic mass is 35.5. The standard InChI is InChI=1S/C14H17ClFNO2S/c1-3-5-19-14(20)7-9-6-12(17-13(18)4-2)11(16)8-10(9)15/h6,8H,3-5,7H2,1-2H3,(H,17,18). The zero-order chi connectivity index (χ0) is 15.1. The van der Waals surface area contributed by atoms with Crippen molar-refractivity contribution in [1.82, 2.24) is 0 Å². The summed E-state index contributed by atoms with van der Waals surface area (Å²) in [5.74, 6) is -0.831. The van der Waals surface area contributed by atoms with Crippen LogP contribution >= 0.6 is 23.8 Å². The van der Waals surface area contributed by atoms with Crippen LogP contribution in [-0.4, -0.2) is 17.6 Å². The molecule has 0 unspecified atom stereocenters. The summed E-state index contributed by atoms with van der Waals surface area (Å²) in [4.78, 5) is 11.3. The van der Waals surface area contributed by atoms with Crippen LogP contribution in [-0.2, 0) is 16.0 Å². The van der Waals surface area contributed by atoms with Crippen molar-refractivity contribution in [1.29, 1.82) is 0 Å². The van der Waals surface area contributed by atoms with E-state index in [1.54, 1.807) is 6.92 Å². The van der Waals surface area contributed by atoms with Crippen molar-refractivity contribution >= 4 is 40.5 Å². The SMILES string of the molecule is CCCOC(=S)Cc1cc(NC(=O)CC)c(F)cc1Cl. The summed E-state index contributed by atoms with van der Waals surface area (Å²) in [6.07, 6.45) is 1.44. The quantitative estimate of drug-likeness (QED) is 0.802. The van der Waals surface area contributed by atoms with Gasteiger partial charge < -0.3 is 10.1 Å². The van der Waals surface area contributed by atoms with Gasteiger partial charge in [-0.1, -0.05) is 25.4 Å². The molecule has 1 aromatic carbocycles. The number of anilines is 1. The van der Waals surface area contributed by atoms with E-state index in [2.05, 4.69) is 5.32 Å². The van der Waals surface area contributed by atoms with E-state index in [1.807, 2.05) is 6.92 Å². The first kappa shape index (κ1) is 16.9. The van der Waals surface area contributed by atoms with Crippen LogP contribution < -0.4 is 5.32 Å². The molecule has 6 heteroatoms. The molecule has 0 aliphatic rings. The number of rotatable bonds is 6. The molecule has 0 spiro atoms. The van der Waals surface area contributed by atoms with Gasteiger partial charge in [0, 0.05) is 17.9 Å². The van der Waals surface area contributed by atoms with Gasteiger partial charge in [-0.25, -0.2) is 4.39 Å². The molecular formula is C14H17ClFNO2S. The highest BCUT2D eigenvalue weighted by Crippen LogP contribution is 2.25. The molecule has 0 aromatic heterocycles. The summed E-state index contributed by atoms with van der Waals surface area (Å²) in [5, 5.41) is 3.15. The lowest BCUT2D eigenvalue weighted by atomic mass is 10.1. The van der Waals surface area contributed by atoms with E-state index in [4.69, 9.17) is 28.6 Å². The molecule has 0 heterocycles. The van der Waals surface area contributed by atoms with E-state index in [9.17, 15) is 9.18 Å². The van der Waals surface area contributed by atoms with Gasteiger partial charge in [-0.15, -0.1) is 0 Å². The topological polar surface area (TPSA) is 38.3 Å². The lowest BCUT2D eigenvalue weighted by Crippen LogP contribution is -2.12. The zero-order valence-corrected chi connectivity index (χ0v) is 13.0. The third-order valence-corrected chi connectivity index (χ3v) is 3.15. The molecule has 0 aliphatic heterocycles. The second-order valence-electron chi connectivity index (χ2n) is 4.22. The van der Waals surface area contributed by atoms with Crippen LogP contribution in [0.4, 0.5) is 10.1 Å². The number of hydrogen-bond acceptors (Lipinski definition) is 3. The Bertz CT molecular complexity index is 508. The van der Waals surface area contributed by atoms with Crippen molar-refractivity contribution in [3.05, 3.63) is 28.5 Å². The first-order valence-electron chi connectivity index (χ1n) is 6.41. The normalized spacial score (nSPS) is 10.2. The Kier molecular flexibility index (Phi) is 6.88. The van der Waals surface area contributed by atoms with E-state index in [1.165, 1.54) is 12.1 Å². The van der Waals surface area contributed by atoms with E-state index < -0.39 is 5.82 Å². The van der Waals surface area contributed by atoms with Crippen LogP contribution in [0.3, 0.4) is 0 Å². The minimum atomic E-state index is -0.569. The molecule has 0 saturated heterocycles. The molecule has 0 saturated carbocycles. The predicted molar refractivity (Wildman–Crippen MR) is 82.9 cm³/mol. The number of thiocarbonyl (C=S) groups is 1. The van der Waals surface area contributed by atoms with Crippen LogP contribution in [0.5, 0.6) is 0 Å². The lowest BCUT2D eigenvalue weighted by molar-refractivity contribution is -0.115. The van der Waals surface area contributed by atoms with Crippen LogP contribution in [0.25, 0.3) is 0 Å². The number of benzene rings is 1. The molecule has 0 atom stereocenters. The highest BCUT2D eigenvalue weighted by Gasteiger charge is 2.12. The average molecular weight is 318 g/mol. The monoisotopic (exact) mass is 317 g/mol. The number of ether oxygens (including phenoxy) is 1. The largest absolute Gasteiger partial charge is 0.487 e. The number of amides is 1. The van der Waals surface area contributed by atoms with Crippen LogP contribution in [0.2, 0.25) is 5.02 Å². The maximum Gasteiger partial charge on any atom is 0.224 e. The predicted octanol–water partition coefficient (Wildman–Crippen LogP) is 4.12. The Labute approximate surface area is 128 Å². The Morgan fingerprint density at radius 2 is 2.15 bits per heavy atom. The Hall–Kier alpha value is -1.20. The molecule has 0 fully saturated rings. The Morgan fingerprint density at radius 1 is 1.45 bits per heavy atom. The fourth-order valence-electron chi connectivity index (χ4n) is 1.49. The Balaban J connectivity index is 2.88. The van der Waals surface area contributed by atoms with Crippen LogP contribution in [0.1, 0.15) is 32.3 Å². The molecule has 0 radical (unpaired) electrons. The molecule has 20 heavy (non-hydrogen) atoms. The molecule has 1 rings (SSSR count). The maximum absolute atomic E-state index is 13.7. The summed E-state index contributed by atoms with van der Waals surface area (Å²) in [5.41, 5.74) is 0.732. The van der Waals surface area contributed by atoms with Gasteiger partial charge in [0.15, 0.2) is 5.05 Å². The third kappa shape index (κ3) is 5.06. The summed E-state index contributed by atoms with van der Waals surface area (Å²) in [6, 6.07) is 2.66. The van der Waals surface area contributed by atoms with Gasteiger partial charge >= 0.3 is 0 Å². The summed E-state index contributed by atoms with van der Waals surface area (Å²) in [7, 11) is 0. The lowest BCUT2D eigenvalue weighted by Gasteiger charge is -2.11. The number of carbonyl (C=O) groups excluding carboxylic acids is 1. The Morgan fingerprint density at radius 3 is 2.75 bits per heavy atom. The third-order valence-electron chi connectivity index (χ3n) is 2.53. The molecule has 110 valence electrons. The van der Waals surface area contributed by atoms with Crippen molar-refractivity contribution in [3.8, 4) is 0 Å². The van der Waals surface area contributed by atoms with Gasteiger partial charge in [0.25, 0.3) is 0 Å². The van der Waals surface area contributed by atoms with E-state index in [0.29, 0.717) is 23.6 Å². The molecule has 3 nitrogen and oxygen atoms in total. The molecule has 0 aliphatic carbocycles. The second kappa shape index (κ2) is 8.17. The minimum absolute atomic E-state index is 0.106. The minimum Gasteiger partial charge on any atom is -0.487 e. The van der Waals surface area contributed by atoms with Crippen molar-refractivity contribution in [2.75, 3.05) is 11.9 Å². The van der Waals surface area contributed by atoms with E-state index >= 15 is 0 Å². The molecule has 1 aromatic rings. The fourth-order valence-corrected chi connectivity index (χ4v) is 1.94. The summed E-state index contributed by atoms with van der Waals surface area (Å²) in [6.45, 7) is 4.21. The maximum atomic E-state index is 13.7. The number of halogens is 2. The van der Waals surface area contributed by atoms with Gasteiger partial charge in [0.2, 0.25) is 5.91 Å². The van der Waals surface area contributed by atoms with Crippen molar-refractivity contribution in [2.24, 2.45) is 0 Å². The van der Waals surface area contributed by atoms with Crippen LogP contribution in [0, 0.1) is 5.82 Å². The van der Waals surface area contributed by atoms with Crippen LogP contribution in [0.15, 0.2) is 12.1 Å².